The van der Waals surface area contributed by atoms with E-state index in [2.05, 4.69) is 24.3 Å². The van der Waals surface area contributed by atoms with Gasteiger partial charge in [-0.2, -0.15) is 11.8 Å². The van der Waals surface area contributed by atoms with Crippen LogP contribution in [0.15, 0.2) is 95.8 Å². The molecule has 138 valence electrons. The van der Waals surface area contributed by atoms with E-state index in [4.69, 9.17) is 0 Å². The molecule has 1 aromatic heterocycles. The first-order valence-corrected chi connectivity index (χ1v) is 10.5. The quantitative estimate of drug-likeness (QED) is 0.448. The van der Waals surface area contributed by atoms with Crippen LogP contribution in [0.3, 0.4) is 0 Å². The first kappa shape index (κ1) is 17.1. The number of para-hydroxylation sites is 1. The van der Waals surface area contributed by atoms with E-state index in [1.165, 1.54) is 0 Å². The summed E-state index contributed by atoms with van der Waals surface area (Å²) in [6.45, 7) is 0.743. The molecule has 0 aliphatic carbocycles. The predicted octanol–water partition coefficient (Wildman–Crippen LogP) is 5.09. The van der Waals surface area contributed by atoms with Crippen LogP contribution in [-0.4, -0.2) is 20.1 Å². The largest absolute Gasteiger partial charge is 0.333 e. The highest BCUT2D eigenvalue weighted by atomic mass is 32.2. The Hall–Kier alpha value is -2.98. The molecule has 1 atom stereocenters. The minimum absolute atomic E-state index is 0.0245. The monoisotopic (exact) mass is 384 g/mol. The summed E-state index contributed by atoms with van der Waals surface area (Å²) in [5.41, 5.74) is 4.98. The van der Waals surface area contributed by atoms with Gasteiger partial charge in [0, 0.05) is 28.7 Å². The molecule has 3 aromatic carbocycles. The Labute approximate surface area is 168 Å². The normalized spacial score (nSPS) is 15.5. The van der Waals surface area contributed by atoms with E-state index < -0.39 is 0 Å². The van der Waals surface area contributed by atoms with Crippen LogP contribution in [-0.2, 0) is 6.54 Å². The smallest absolute Gasteiger partial charge is 0.290 e. The highest BCUT2D eigenvalue weighted by molar-refractivity contribution is 8.06. The summed E-state index contributed by atoms with van der Waals surface area (Å²) in [5.74, 6) is 1.12. The van der Waals surface area contributed by atoms with Gasteiger partial charge in [0.05, 0.1) is 17.1 Å². The fourth-order valence-corrected chi connectivity index (χ4v) is 4.16. The Morgan fingerprint density at radius 1 is 0.750 bits per heavy atom. The van der Waals surface area contributed by atoms with Crippen molar-refractivity contribution in [3.63, 3.8) is 0 Å². The molecule has 0 amide bonds. The van der Waals surface area contributed by atoms with Crippen molar-refractivity contribution in [3.8, 4) is 28.2 Å². The number of nitrogens with zero attached hydrogens (tertiary/aromatic N) is 2. The van der Waals surface area contributed by atoms with Gasteiger partial charge in [0.1, 0.15) is 0 Å². The third kappa shape index (κ3) is 3.10. The molecule has 5 rings (SSSR count). The summed E-state index contributed by atoms with van der Waals surface area (Å²) >= 11 is 1.91. The third-order valence-electron chi connectivity index (χ3n) is 5.04. The first-order valence-electron chi connectivity index (χ1n) is 9.46. The molecule has 0 bridgehead atoms. The summed E-state index contributed by atoms with van der Waals surface area (Å²) in [7, 11) is 0. The third-order valence-corrected chi connectivity index (χ3v) is 5.99. The second kappa shape index (κ2) is 7.21. The second-order valence-corrected chi connectivity index (χ2v) is 8.28. The first-order chi connectivity index (χ1) is 13.8. The average Bonchev–Trinajstić information content (AvgIpc) is 3.53. The molecule has 1 aliphatic heterocycles. The van der Waals surface area contributed by atoms with Gasteiger partial charge >= 0.3 is 5.69 Å². The fraction of sp³-hybridized carbons (Fsp3) is 0.125. The number of aromatic nitrogens is 2. The van der Waals surface area contributed by atoms with Crippen molar-refractivity contribution < 1.29 is 0 Å². The number of benzene rings is 3. The van der Waals surface area contributed by atoms with Crippen molar-refractivity contribution in [3.05, 3.63) is 101 Å². The van der Waals surface area contributed by atoms with Crippen LogP contribution in [0, 0.1) is 0 Å². The zero-order valence-electron chi connectivity index (χ0n) is 15.4. The van der Waals surface area contributed by atoms with Gasteiger partial charge in [0.15, 0.2) is 0 Å². The highest BCUT2D eigenvalue weighted by Crippen LogP contribution is 2.37. The van der Waals surface area contributed by atoms with Crippen LogP contribution in [0.5, 0.6) is 0 Å². The van der Waals surface area contributed by atoms with Crippen LogP contribution in [0.1, 0.15) is 0 Å². The lowest BCUT2D eigenvalue weighted by Gasteiger charge is -2.11. The van der Waals surface area contributed by atoms with Gasteiger partial charge in [0.2, 0.25) is 0 Å². The molecular weight excluding hydrogens is 364 g/mol. The summed E-state index contributed by atoms with van der Waals surface area (Å²) in [4.78, 5) is 13.6. The number of hydrogen-bond donors (Lipinski definition) is 0. The Morgan fingerprint density at radius 3 is 1.79 bits per heavy atom. The van der Waals surface area contributed by atoms with Crippen LogP contribution in [0.25, 0.3) is 28.2 Å². The Kier molecular flexibility index (Phi) is 4.41. The molecule has 0 N–H and O–H groups in total. The lowest BCUT2D eigenvalue weighted by atomic mass is 10.0. The van der Waals surface area contributed by atoms with Gasteiger partial charge < -0.3 is 0 Å². The van der Waals surface area contributed by atoms with E-state index >= 15 is 0 Å². The predicted molar refractivity (Wildman–Crippen MR) is 117 cm³/mol. The van der Waals surface area contributed by atoms with E-state index in [-0.39, 0.29) is 5.69 Å². The highest BCUT2D eigenvalue weighted by Gasteiger charge is 2.29. The Bertz CT molecular complexity index is 1140. The summed E-state index contributed by atoms with van der Waals surface area (Å²) < 4.78 is 3.83. The lowest BCUT2D eigenvalue weighted by Crippen LogP contribution is -2.25. The zero-order chi connectivity index (χ0) is 18.9. The van der Waals surface area contributed by atoms with E-state index in [9.17, 15) is 4.79 Å². The molecule has 28 heavy (non-hydrogen) atoms. The maximum absolute atomic E-state index is 13.6. The number of imidazole rings is 1. The number of hydrogen-bond acceptors (Lipinski definition) is 2. The van der Waals surface area contributed by atoms with Crippen LogP contribution in [0.4, 0.5) is 0 Å². The molecular formula is C24H20N2OS. The molecule has 2 heterocycles. The lowest BCUT2D eigenvalue weighted by molar-refractivity contribution is 0.688. The standard InChI is InChI=1S/C24H20N2OS/c27-24-25(16-21-17-28-21)22(18-10-4-1-5-11-18)23(19-12-6-2-7-13-19)26(24)20-14-8-3-9-15-20/h1-15,21H,16-17H2. The Morgan fingerprint density at radius 2 is 1.25 bits per heavy atom. The van der Waals surface area contributed by atoms with E-state index in [0.717, 1.165) is 40.5 Å². The summed E-state index contributed by atoms with van der Waals surface area (Å²) in [5, 5.41) is 0.524. The van der Waals surface area contributed by atoms with Crippen molar-refractivity contribution >= 4 is 11.8 Å². The van der Waals surface area contributed by atoms with Gasteiger partial charge in [-0.25, -0.2) is 4.79 Å². The van der Waals surface area contributed by atoms with Crippen molar-refractivity contribution in [2.24, 2.45) is 0 Å². The average molecular weight is 385 g/mol. The number of rotatable bonds is 5. The molecule has 3 nitrogen and oxygen atoms in total. The molecule has 4 heteroatoms. The van der Waals surface area contributed by atoms with Gasteiger partial charge in [-0.3, -0.25) is 9.13 Å². The Balaban J connectivity index is 1.87. The maximum Gasteiger partial charge on any atom is 0.333 e. The second-order valence-electron chi connectivity index (χ2n) is 6.95. The van der Waals surface area contributed by atoms with Crippen molar-refractivity contribution in [2.45, 2.75) is 11.8 Å². The zero-order valence-corrected chi connectivity index (χ0v) is 16.2. The molecule has 0 spiro atoms. The maximum atomic E-state index is 13.6. The van der Waals surface area contributed by atoms with Crippen molar-refractivity contribution in [1.29, 1.82) is 0 Å². The van der Waals surface area contributed by atoms with E-state index in [1.807, 2.05) is 87.6 Å². The van der Waals surface area contributed by atoms with E-state index in [0.29, 0.717) is 5.25 Å². The van der Waals surface area contributed by atoms with Gasteiger partial charge in [-0.05, 0) is 12.1 Å². The van der Waals surface area contributed by atoms with Crippen LogP contribution < -0.4 is 5.69 Å². The minimum atomic E-state index is 0.0245. The summed E-state index contributed by atoms with van der Waals surface area (Å²) in [6, 6.07) is 30.4. The van der Waals surface area contributed by atoms with Crippen molar-refractivity contribution in [2.75, 3.05) is 5.75 Å². The van der Waals surface area contributed by atoms with Gasteiger partial charge in [-0.15, -0.1) is 0 Å². The van der Waals surface area contributed by atoms with Crippen LogP contribution in [0.2, 0.25) is 0 Å². The van der Waals surface area contributed by atoms with E-state index in [1.54, 1.807) is 0 Å². The van der Waals surface area contributed by atoms with Gasteiger partial charge in [0.25, 0.3) is 0 Å². The SMILES string of the molecule is O=c1n(CC2CS2)c(-c2ccccc2)c(-c2ccccc2)n1-c1ccccc1. The molecule has 1 unspecified atom stereocenters. The molecule has 1 fully saturated rings. The van der Waals surface area contributed by atoms with Crippen LogP contribution >= 0.6 is 11.8 Å². The molecule has 0 radical (unpaired) electrons. The topological polar surface area (TPSA) is 26.9 Å². The molecule has 1 saturated heterocycles. The number of thioether (sulfide) groups is 1. The molecule has 4 aromatic rings. The molecule has 0 saturated carbocycles. The fourth-order valence-electron chi connectivity index (χ4n) is 3.66. The molecule has 1 aliphatic rings. The van der Waals surface area contributed by atoms with Crippen molar-refractivity contribution in [1.82, 2.24) is 9.13 Å². The summed E-state index contributed by atoms with van der Waals surface area (Å²) in [6.07, 6.45) is 0. The van der Waals surface area contributed by atoms with Gasteiger partial charge in [-0.1, -0.05) is 78.9 Å². The minimum Gasteiger partial charge on any atom is -0.290 e.